The number of rotatable bonds is 2. The lowest BCUT2D eigenvalue weighted by Gasteiger charge is -2.11. The first-order chi connectivity index (χ1) is 9.68. The number of anilines is 1. The van der Waals surface area contributed by atoms with Gasteiger partial charge in [-0.1, -0.05) is 17.7 Å². The maximum Gasteiger partial charge on any atom is 0.165 e. The lowest BCUT2D eigenvalue weighted by Crippen LogP contribution is -2.01. The second kappa shape index (κ2) is 4.94. The molecule has 0 fully saturated rings. The Morgan fingerprint density at radius 3 is 2.80 bits per heavy atom. The summed E-state index contributed by atoms with van der Waals surface area (Å²) in [5.41, 5.74) is 8.12. The molecule has 4 nitrogen and oxygen atoms in total. The molecule has 3 rings (SSSR count). The van der Waals surface area contributed by atoms with E-state index in [0.717, 1.165) is 0 Å². The Morgan fingerprint density at radius 1 is 1.15 bits per heavy atom. The monoisotopic (exact) mass is 288 g/mol. The first-order valence-electron chi connectivity index (χ1n) is 5.85. The Hall–Kier alpha value is -2.40. The molecule has 0 amide bonds. The number of nitrogens with zero attached hydrogens (tertiary/aromatic N) is 3. The van der Waals surface area contributed by atoms with Crippen molar-refractivity contribution in [1.82, 2.24) is 14.5 Å². The molecular weight excluding hydrogens is 279 g/mol. The third kappa shape index (κ3) is 2.02. The van der Waals surface area contributed by atoms with Crippen molar-refractivity contribution >= 4 is 17.3 Å². The molecule has 100 valence electrons. The number of imidazole rings is 1. The van der Waals surface area contributed by atoms with E-state index in [2.05, 4.69) is 9.97 Å². The predicted molar refractivity (Wildman–Crippen MR) is 76.2 cm³/mol. The van der Waals surface area contributed by atoms with Crippen LogP contribution >= 0.6 is 11.6 Å². The molecule has 0 aliphatic carbocycles. The second-order valence-electron chi connectivity index (χ2n) is 4.18. The van der Waals surface area contributed by atoms with Gasteiger partial charge in [-0.15, -0.1) is 0 Å². The molecule has 20 heavy (non-hydrogen) atoms. The summed E-state index contributed by atoms with van der Waals surface area (Å²) in [4.78, 5) is 8.09. The quantitative estimate of drug-likeness (QED) is 0.787. The molecule has 0 aliphatic rings. The van der Waals surface area contributed by atoms with Crippen LogP contribution < -0.4 is 5.73 Å². The van der Waals surface area contributed by atoms with Crippen molar-refractivity contribution in [2.24, 2.45) is 0 Å². The lowest BCUT2D eigenvalue weighted by atomic mass is 10.2. The highest BCUT2D eigenvalue weighted by Gasteiger charge is 2.14. The standard InChI is InChI=1S/C14H10ClFN4/c15-10-2-1-3-12(14(10)16)20-8-19-7-13(20)9-6-18-5-4-11(9)17/h1-8H,(H2,17,18). The van der Waals surface area contributed by atoms with Crippen LogP contribution in [0.3, 0.4) is 0 Å². The number of halogens is 2. The van der Waals surface area contributed by atoms with Gasteiger partial charge >= 0.3 is 0 Å². The molecule has 0 spiro atoms. The van der Waals surface area contributed by atoms with Gasteiger partial charge in [0.15, 0.2) is 5.82 Å². The number of pyridine rings is 1. The van der Waals surface area contributed by atoms with Crippen LogP contribution in [0.15, 0.2) is 49.2 Å². The molecule has 0 unspecified atom stereocenters. The summed E-state index contributed by atoms with van der Waals surface area (Å²) in [5, 5.41) is 0.0568. The molecule has 0 aliphatic heterocycles. The van der Waals surface area contributed by atoms with E-state index in [1.807, 2.05) is 0 Å². The van der Waals surface area contributed by atoms with Gasteiger partial charge in [0, 0.05) is 23.6 Å². The van der Waals surface area contributed by atoms with Crippen LogP contribution in [0.5, 0.6) is 0 Å². The summed E-state index contributed by atoms with van der Waals surface area (Å²) in [6.45, 7) is 0. The molecule has 0 saturated heterocycles. The summed E-state index contributed by atoms with van der Waals surface area (Å²) >= 11 is 5.81. The number of nitrogens with two attached hydrogens (primary N) is 1. The minimum absolute atomic E-state index is 0.0568. The molecule has 1 aromatic carbocycles. The molecular formula is C14H10ClFN4. The number of benzene rings is 1. The molecule has 2 N–H and O–H groups in total. The molecule has 2 heterocycles. The van der Waals surface area contributed by atoms with Crippen LogP contribution in [0.25, 0.3) is 16.9 Å². The average Bonchev–Trinajstić information content (AvgIpc) is 2.91. The van der Waals surface area contributed by atoms with Crippen molar-refractivity contribution in [3.8, 4) is 16.9 Å². The van der Waals surface area contributed by atoms with Gasteiger partial charge in [-0.25, -0.2) is 9.37 Å². The fourth-order valence-corrected chi connectivity index (χ4v) is 2.15. The molecule has 0 radical (unpaired) electrons. The topological polar surface area (TPSA) is 56.7 Å². The molecule has 0 bridgehead atoms. The van der Waals surface area contributed by atoms with Crippen LogP contribution in [0, 0.1) is 5.82 Å². The van der Waals surface area contributed by atoms with E-state index < -0.39 is 5.82 Å². The van der Waals surface area contributed by atoms with E-state index in [-0.39, 0.29) is 5.02 Å². The number of nitrogen functional groups attached to an aromatic ring is 1. The Balaban J connectivity index is 2.21. The van der Waals surface area contributed by atoms with E-state index in [0.29, 0.717) is 22.6 Å². The first kappa shape index (κ1) is 12.6. The fourth-order valence-electron chi connectivity index (χ4n) is 1.98. The number of aromatic nitrogens is 3. The van der Waals surface area contributed by atoms with Crippen LogP contribution in [0.4, 0.5) is 10.1 Å². The minimum atomic E-state index is -0.504. The third-order valence-corrected chi connectivity index (χ3v) is 3.25. The zero-order valence-corrected chi connectivity index (χ0v) is 11.0. The van der Waals surface area contributed by atoms with Gasteiger partial charge < -0.3 is 5.73 Å². The highest BCUT2D eigenvalue weighted by molar-refractivity contribution is 6.30. The fraction of sp³-hybridized carbons (Fsp3) is 0. The highest BCUT2D eigenvalue weighted by atomic mass is 35.5. The van der Waals surface area contributed by atoms with Crippen molar-refractivity contribution in [1.29, 1.82) is 0 Å². The Bertz CT molecular complexity index is 769. The van der Waals surface area contributed by atoms with Crippen molar-refractivity contribution in [3.63, 3.8) is 0 Å². The van der Waals surface area contributed by atoms with E-state index in [1.165, 1.54) is 12.4 Å². The summed E-state index contributed by atoms with van der Waals surface area (Å²) in [5.74, 6) is -0.504. The maximum atomic E-state index is 14.1. The Morgan fingerprint density at radius 2 is 2.00 bits per heavy atom. The van der Waals surface area contributed by atoms with Crippen LogP contribution in [0.1, 0.15) is 0 Å². The molecule has 6 heteroatoms. The molecule has 0 saturated carbocycles. The van der Waals surface area contributed by atoms with Crippen LogP contribution in [0.2, 0.25) is 5.02 Å². The molecule has 0 atom stereocenters. The van der Waals surface area contributed by atoms with Gasteiger partial charge in [0.05, 0.1) is 28.9 Å². The van der Waals surface area contributed by atoms with Crippen molar-refractivity contribution in [3.05, 3.63) is 60.0 Å². The minimum Gasteiger partial charge on any atom is -0.398 e. The largest absolute Gasteiger partial charge is 0.398 e. The predicted octanol–water partition coefficient (Wildman–Crippen LogP) is 3.31. The Labute approximate surface area is 119 Å². The molecule has 3 aromatic rings. The zero-order valence-electron chi connectivity index (χ0n) is 10.3. The van der Waals surface area contributed by atoms with E-state index in [4.69, 9.17) is 17.3 Å². The van der Waals surface area contributed by atoms with Crippen molar-refractivity contribution in [2.75, 3.05) is 5.73 Å². The Kier molecular flexibility index (Phi) is 3.12. The third-order valence-electron chi connectivity index (χ3n) is 2.96. The van der Waals surface area contributed by atoms with Gasteiger partial charge in [0.1, 0.15) is 0 Å². The summed E-state index contributed by atoms with van der Waals surface area (Å²) in [6, 6.07) is 6.48. The number of hydrogen-bond acceptors (Lipinski definition) is 3. The van der Waals surface area contributed by atoms with Crippen molar-refractivity contribution in [2.45, 2.75) is 0 Å². The summed E-state index contributed by atoms with van der Waals surface area (Å²) in [6.07, 6.45) is 6.33. The summed E-state index contributed by atoms with van der Waals surface area (Å²) < 4.78 is 15.7. The number of hydrogen-bond donors (Lipinski definition) is 1. The maximum absolute atomic E-state index is 14.1. The van der Waals surface area contributed by atoms with Gasteiger partial charge in [-0.05, 0) is 18.2 Å². The zero-order chi connectivity index (χ0) is 14.1. The molecule has 2 aromatic heterocycles. The normalized spacial score (nSPS) is 10.7. The van der Waals surface area contributed by atoms with Gasteiger partial charge in [-0.2, -0.15) is 0 Å². The average molecular weight is 289 g/mol. The van der Waals surface area contributed by atoms with Crippen molar-refractivity contribution < 1.29 is 4.39 Å². The van der Waals surface area contributed by atoms with Crippen LogP contribution in [-0.2, 0) is 0 Å². The van der Waals surface area contributed by atoms with Gasteiger partial charge in [-0.3, -0.25) is 9.55 Å². The SMILES string of the molecule is Nc1ccncc1-c1cncn1-c1cccc(Cl)c1F. The smallest absolute Gasteiger partial charge is 0.165 e. The van der Waals surface area contributed by atoms with E-state index in [9.17, 15) is 4.39 Å². The van der Waals surface area contributed by atoms with Gasteiger partial charge in [0.25, 0.3) is 0 Å². The van der Waals surface area contributed by atoms with E-state index >= 15 is 0 Å². The highest BCUT2D eigenvalue weighted by Crippen LogP contribution is 2.29. The second-order valence-corrected chi connectivity index (χ2v) is 4.59. The van der Waals surface area contributed by atoms with Gasteiger partial charge in [0.2, 0.25) is 0 Å². The summed E-state index contributed by atoms with van der Waals surface area (Å²) in [7, 11) is 0. The lowest BCUT2D eigenvalue weighted by molar-refractivity contribution is 0.619. The first-order valence-corrected chi connectivity index (χ1v) is 6.23. The van der Waals surface area contributed by atoms with E-state index in [1.54, 1.807) is 41.4 Å². The van der Waals surface area contributed by atoms with Crippen LogP contribution in [-0.4, -0.2) is 14.5 Å².